The molecule has 0 spiro atoms. The van der Waals surface area contributed by atoms with Crippen LogP contribution in [0.2, 0.25) is 0 Å². The highest BCUT2D eigenvalue weighted by molar-refractivity contribution is 5.82. The van der Waals surface area contributed by atoms with Crippen molar-refractivity contribution in [1.82, 2.24) is 20.4 Å². The molecule has 0 aromatic heterocycles. The third-order valence-electron chi connectivity index (χ3n) is 6.47. The summed E-state index contributed by atoms with van der Waals surface area (Å²) in [6, 6.07) is 0.716. The Morgan fingerprint density at radius 1 is 1.11 bits per heavy atom. The van der Waals surface area contributed by atoms with E-state index in [0.29, 0.717) is 18.5 Å². The first-order chi connectivity index (χ1) is 13.0. The highest BCUT2D eigenvalue weighted by Gasteiger charge is 2.31. The molecule has 1 aliphatic carbocycles. The summed E-state index contributed by atoms with van der Waals surface area (Å²) < 4.78 is 0. The van der Waals surface area contributed by atoms with Crippen LogP contribution < -0.4 is 10.6 Å². The van der Waals surface area contributed by atoms with Gasteiger partial charge in [0.15, 0.2) is 0 Å². The third-order valence-corrected chi connectivity index (χ3v) is 6.47. The van der Waals surface area contributed by atoms with Crippen LogP contribution in [0, 0.1) is 5.92 Å². The van der Waals surface area contributed by atoms with Crippen LogP contribution in [0.4, 0.5) is 0 Å². The van der Waals surface area contributed by atoms with Crippen molar-refractivity contribution in [3.63, 3.8) is 0 Å². The molecule has 0 bridgehead atoms. The first-order valence-corrected chi connectivity index (χ1v) is 11.1. The van der Waals surface area contributed by atoms with Crippen molar-refractivity contribution in [2.45, 2.75) is 83.3 Å². The number of hydrogen-bond donors (Lipinski definition) is 2. The molecule has 2 amide bonds. The molecule has 2 aliphatic heterocycles. The Morgan fingerprint density at radius 3 is 2.56 bits per heavy atom. The number of nitrogens with zero attached hydrogens (tertiary/aromatic N) is 2. The molecule has 0 radical (unpaired) electrons. The summed E-state index contributed by atoms with van der Waals surface area (Å²) in [6.45, 7) is 8.41. The van der Waals surface area contributed by atoms with E-state index in [1.807, 2.05) is 0 Å². The van der Waals surface area contributed by atoms with Crippen molar-refractivity contribution in [1.29, 1.82) is 0 Å². The van der Waals surface area contributed by atoms with Gasteiger partial charge in [0.25, 0.3) is 0 Å². The van der Waals surface area contributed by atoms with Crippen LogP contribution in [0.1, 0.15) is 65.2 Å². The van der Waals surface area contributed by atoms with Gasteiger partial charge in [-0.15, -0.1) is 0 Å². The maximum absolute atomic E-state index is 13.0. The summed E-state index contributed by atoms with van der Waals surface area (Å²) in [6.07, 6.45) is 9.11. The zero-order chi connectivity index (χ0) is 19.2. The second-order valence-electron chi connectivity index (χ2n) is 8.97. The highest BCUT2D eigenvalue weighted by Crippen LogP contribution is 2.26. The largest absolute Gasteiger partial charge is 0.354 e. The number of carbonyl (C=O) groups excluding carboxylic acids is 2. The van der Waals surface area contributed by atoms with Gasteiger partial charge in [0.05, 0.1) is 12.6 Å². The molecule has 154 valence electrons. The second-order valence-corrected chi connectivity index (χ2v) is 8.97. The van der Waals surface area contributed by atoms with Gasteiger partial charge in [-0.25, -0.2) is 0 Å². The van der Waals surface area contributed by atoms with E-state index in [1.54, 1.807) is 0 Å². The molecule has 3 fully saturated rings. The lowest BCUT2D eigenvalue weighted by Gasteiger charge is -2.37. The summed E-state index contributed by atoms with van der Waals surface area (Å²) in [5, 5.41) is 6.39. The average molecular weight is 379 g/mol. The molecule has 0 aromatic rings. The standard InChI is InChI=1S/C21H38N4O2/c1-16(2)25(18-8-3-4-9-18)20(26)15-24-12-6-7-17(14-24)13-23-21(27)19-10-5-11-22-19/h16-19,22H,3-15H2,1-2H3,(H,23,27). The maximum Gasteiger partial charge on any atom is 0.237 e. The predicted octanol–water partition coefficient (Wildman–Crippen LogP) is 1.75. The average Bonchev–Trinajstić information content (AvgIpc) is 3.34. The molecule has 2 unspecified atom stereocenters. The first-order valence-electron chi connectivity index (χ1n) is 11.1. The minimum absolute atomic E-state index is 0.00252. The zero-order valence-electron chi connectivity index (χ0n) is 17.2. The quantitative estimate of drug-likeness (QED) is 0.708. The van der Waals surface area contributed by atoms with Gasteiger partial charge in [0, 0.05) is 25.2 Å². The summed E-state index contributed by atoms with van der Waals surface area (Å²) in [7, 11) is 0. The molecule has 3 rings (SSSR count). The molecule has 1 saturated carbocycles. The molecule has 0 aromatic carbocycles. The lowest BCUT2D eigenvalue weighted by Crippen LogP contribution is -2.51. The monoisotopic (exact) mass is 378 g/mol. The van der Waals surface area contributed by atoms with E-state index >= 15 is 0 Å². The van der Waals surface area contributed by atoms with E-state index in [4.69, 9.17) is 0 Å². The fourth-order valence-electron chi connectivity index (χ4n) is 5.11. The second kappa shape index (κ2) is 9.87. The lowest BCUT2D eigenvalue weighted by atomic mass is 9.97. The van der Waals surface area contributed by atoms with Crippen LogP contribution in [-0.2, 0) is 9.59 Å². The minimum Gasteiger partial charge on any atom is -0.354 e. The van der Waals surface area contributed by atoms with Crippen LogP contribution in [0.25, 0.3) is 0 Å². The van der Waals surface area contributed by atoms with Crippen molar-refractivity contribution < 1.29 is 9.59 Å². The third kappa shape index (κ3) is 5.67. The van der Waals surface area contributed by atoms with Crippen LogP contribution in [0.3, 0.4) is 0 Å². The number of hydrogen-bond acceptors (Lipinski definition) is 4. The Labute approximate surface area is 164 Å². The molecule has 3 aliphatic rings. The van der Waals surface area contributed by atoms with Crippen LogP contribution in [0.5, 0.6) is 0 Å². The molecule has 6 nitrogen and oxygen atoms in total. The van der Waals surface area contributed by atoms with E-state index in [9.17, 15) is 9.59 Å². The normalized spacial score (nSPS) is 27.2. The summed E-state index contributed by atoms with van der Waals surface area (Å²) >= 11 is 0. The number of nitrogens with one attached hydrogen (secondary N) is 2. The van der Waals surface area contributed by atoms with E-state index < -0.39 is 0 Å². The van der Waals surface area contributed by atoms with Crippen molar-refractivity contribution in [2.75, 3.05) is 32.7 Å². The smallest absolute Gasteiger partial charge is 0.237 e. The van der Waals surface area contributed by atoms with Gasteiger partial charge in [-0.1, -0.05) is 12.8 Å². The topological polar surface area (TPSA) is 64.7 Å². The Bertz CT molecular complexity index is 498. The molecule has 2 saturated heterocycles. The molecule has 6 heteroatoms. The molecular weight excluding hydrogens is 340 g/mol. The summed E-state index contributed by atoms with van der Waals surface area (Å²) in [5.41, 5.74) is 0. The van der Waals surface area contributed by atoms with Crippen molar-refractivity contribution in [3.8, 4) is 0 Å². The van der Waals surface area contributed by atoms with Crippen molar-refractivity contribution in [2.24, 2.45) is 5.92 Å². The number of rotatable bonds is 7. The first kappa shape index (κ1) is 20.6. The summed E-state index contributed by atoms with van der Waals surface area (Å²) in [5.74, 6) is 0.889. The van der Waals surface area contributed by atoms with Gasteiger partial charge in [-0.2, -0.15) is 0 Å². The SMILES string of the molecule is CC(C)N(C(=O)CN1CCCC(CNC(=O)C2CCCN2)C1)C1CCCC1. The van der Waals surface area contributed by atoms with Crippen LogP contribution in [-0.4, -0.2) is 72.5 Å². The van der Waals surface area contributed by atoms with Crippen LogP contribution in [0.15, 0.2) is 0 Å². The lowest BCUT2D eigenvalue weighted by molar-refractivity contribution is -0.137. The molecular formula is C21H38N4O2. The van der Waals surface area contributed by atoms with Gasteiger partial charge in [0.1, 0.15) is 0 Å². The number of amides is 2. The van der Waals surface area contributed by atoms with E-state index in [1.165, 1.54) is 12.8 Å². The minimum atomic E-state index is -0.00252. The zero-order valence-corrected chi connectivity index (χ0v) is 17.2. The fraction of sp³-hybridized carbons (Fsp3) is 0.905. The van der Waals surface area contributed by atoms with E-state index in [2.05, 4.69) is 34.3 Å². The molecule has 2 atom stereocenters. The Balaban J connectivity index is 1.45. The molecule has 2 heterocycles. The van der Waals surface area contributed by atoms with E-state index in [-0.39, 0.29) is 23.9 Å². The van der Waals surface area contributed by atoms with Crippen LogP contribution >= 0.6 is 0 Å². The van der Waals surface area contributed by atoms with Gasteiger partial charge in [-0.05, 0) is 71.4 Å². The Hall–Kier alpha value is -1.14. The predicted molar refractivity (Wildman–Crippen MR) is 107 cm³/mol. The van der Waals surface area contributed by atoms with Gasteiger partial charge in [-0.3, -0.25) is 14.5 Å². The highest BCUT2D eigenvalue weighted by atomic mass is 16.2. The number of likely N-dealkylation sites (tertiary alicyclic amines) is 1. The Morgan fingerprint density at radius 2 is 1.89 bits per heavy atom. The van der Waals surface area contributed by atoms with Crippen molar-refractivity contribution in [3.05, 3.63) is 0 Å². The van der Waals surface area contributed by atoms with E-state index in [0.717, 1.165) is 64.7 Å². The number of piperidine rings is 1. The number of carbonyl (C=O) groups is 2. The van der Waals surface area contributed by atoms with Crippen molar-refractivity contribution >= 4 is 11.8 Å². The summed E-state index contributed by atoms with van der Waals surface area (Å²) in [4.78, 5) is 29.7. The molecule has 2 N–H and O–H groups in total. The van der Waals surface area contributed by atoms with Gasteiger partial charge in [0.2, 0.25) is 11.8 Å². The fourth-order valence-corrected chi connectivity index (χ4v) is 5.11. The Kier molecular flexibility index (Phi) is 7.53. The van der Waals surface area contributed by atoms with Gasteiger partial charge < -0.3 is 15.5 Å². The van der Waals surface area contributed by atoms with Gasteiger partial charge >= 0.3 is 0 Å². The maximum atomic E-state index is 13.0. The molecule has 27 heavy (non-hydrogen) atoms.